The average molecular weight is 387 g/mol. The summed E-state index contributed by atoms with van der Waals surface area (Å²) in [5.41, 5.74) is 1.26. The van der Waals surface area contributed by atoms with E-state index in [1.165, 1.54) is 36.4 Å². The van der Waals surface area contributed by atoms with Gasteiger partial charge in [-0.3, -0.25) is 4.79 Å². The Morgan fingerprint density at radius 3 is 2.14 bits per heavy atom. The lowest BCUT2D eigenvalue weighted by molar-refractivity contribution is 0.0978. The van der Waals surface area contributed by atoms with Gasteiger partial charge in [0.2, 0.25) is 0 Å². The van der Waals surface area contributed by atoms with Gasteiger partial charge in [0.1, 0.15) is 11.6 Å². The molecule has 0 spiro atoms. The molecule has 0 aliphatic heterocycles. The molecule has 3 rings (SSSR count). The van der Waals surface area contributed by atoms with Crippen molar-refractivity contribution in [3.63, 3.8) is 0 Å². The van der Waals surface area contributed by atoms with Gasteiger partial charge >= 0.3 is 0 Å². The number of aliphatic hydroxyl groups excluding tert-OH is 1. The average Bonchev–Trinajstić information content (AvgIpc) is 2.72. The first-order valence-electron chi connectivity index (χ1n) is 9.91. The predicted molar refractivity (Wildman–Crippen MR) is 105 cm³/mol. The Morgan fingerprint density at radius 1 is 1.00 bits per heavy atom. The fraction of sp³-hybridized carbons (Fsp3) is 0.435. The van der Waals surface area contributed by atoms with Crippen molar-refractivity contribution >= 4 is 5.78 Å². The number of nitrogens with one attached hydrogen (secondary N) is 1. The van der Waals surface area contributed by atoms with Crippen molar-refractivity contribution in [2.24, 2.45) is 0 Å². The Morgan fingerprint density at radius 2 is 1.57 bits per heavy atom. The molecule has 0 bridgehead atoms. The lowest BCUT2D eigenvalue weighted by atomic mass is 9.68. The first-order valence-corrected chi connectivity index (χ1v) is 9.91. The van der Waals surface area contributed by atoms with Gasteiger partial charge < -0.3 is 10.4 Å². The maximum Gasteiger partial charge on any atom is 0.162 e. The summed E-state index contributed by atoms with van der Waals surface area (Å²) in [7, 11) is 0. The zero-order valence-electron chi connectivity index (χ0n) is 16.0. The lowest BCUT2D eigenvalue weighted by Crippen LogP contribution is -2.42. The summed E-state index contributed by atoms with van der Waals surface area (Å²) < 4.78 is 26.1. The third-order valence-corrected chi connectivity index (χ3v) is 5.88. The smallest absolute Gasteiger partial charge is 0.162 e. The van der Waals surface area contributed by atoms with Crippen molar-refractivity contribution in [2.75, 3.05) is 13.2 Å². The minimum atomic E-state index is -0.338. The van der Waals surface area contributed by atoms with E-state index in [1.807, 2.05) is 0 Å². The van der Waals surface area contributed by atoms with Crippen molar-refractivity contribution in [3.05, 3.63) is 71.3 Å². The molecule has 3 nitrogen and oxygen atoms in total. The summed E-state index contributed by atoms with van der Waals surface area (Å²) in [6, 6.07) is 12.5. The Balaban J connectivity index is 1.42. The largest absolute Gasteiger partial charge is 0.395 e. The number of ketones is 1. The molecule has 0 radical (unpaired) electrons. The van der Waals surface area contributed by atoms with Crippen LogP contribution < -0.4 is 5.32 Å². The van der Waals surface area contributed by atoms with Crippen LogP contribution in [0.5, 0.6) is 0 Å². The van der Waals surface area contributed by atoms with E-state index < -0.39 is 0 Å². The molecule has 0 unspecified atom stereocenters. The van der Waals surface area contributed by atoms with Crippen LogP contribution in [-0.4, -0.2) is 30.1 Å². The van der Waals surface area contributed by atoms with Gasteiger partial charge in [0, 0.05) is 23.4 Å². The van der Waals surface area contributed by atoms with E-state index in [0.717, 1.165) is 44.2 Å². The van der Waals surface area contributed by atoms with Gasteiger partial charge in [-0.15, -0.1) is 0 Å². The van der Waals surface area contributed by atoms with Crippen LogP contribution >= 0.6 is 0 Å². The van der Waals surface area contributed by atoms with Crippen LogP contribution in [0.1, 0.15) is 54.4 Å². The molecule has 0 heterocycles. The highest BCUT2D eigenvalue weighted by molar-refractivity contribution is 5.95. The monoisotopic (exact) mass is 387 g/mol. The van der Waals surface area contributed by atoms with Crippen molar-refractivity contribution < 1.29 is 18.7 Å². The van der Waals surface area contributed by atoms with Gasteiger partial charge in [0.05, 0.1) is 6.61 Å². The molecule has 150 valence electrons. The summed E-state index contributed by atoms with van der Waals surface area (Å²) in [5, 5.41) is 13.5. The second kappa shape index (κ2) is 9.39. The molecule has 0 atom stereocenters. The fourth-order valence-corrected chi connectivity index (χ4v) is 4.05. The Kier molecular flexibility index (Phi) is 6.92. The molecule has 2 N–H and O–H groups in total. The van der Waals surface area contributed by atoms with Crippen molar-refractivity contribution in [1.29, 1.82) is 0 Å². The quantitative estimate of drug-likeness (QED) is 0.522. The van der Waals surface area contributed by atoms with E-state index in [0.29, 0.717) is 18.0 Å². The number of benzene rings is 2. The molecule has 0 saturated heterocycles. The van der Waals surface area contributed by atoms with Gasteiger partial charge in [0.15, 0.2) is 5.78 Å². The molecule has 1 fully saturated rings. The maximum absolute atomic E-state index is 13.2. The predicted octanol–water partition coefficient (Wildman–Crippen LogP) is 4.39. The van der Waals surface area contributed by atoms with Gasteiger partial charge in [-0.05, 0) is 80.6 Å². The van der Waals surface area contributed by atoms with Crippen LogP contribution in [0, 0.1) is 11.6 Å². The van der Waals surface area contributed by atoms with E-state index in [4.69, 9.17) is 0 Å². The third kappa shape index (κ3) is 5.03. The molecule has 1 saturated carbocycles. The topological polar surface area (TPSA) is 49.3 Å². The van der Waals surface area contributed by atoms with E-state index in [9.17, 15) is 18.7 Å². The Bertz CT molecular complexity index is 766. The van der Waals surface area contributed by atoms with Crippen LogP contribution in [0.25, 0.3) is 0 Å². The second-order valence-electron chi connectivity index (χ2n) is 7.71. The molecule has 2 aromatic rings. The van der Waals surface area contributed by atoms with Gasteiger partial charge in [-0.25, -0.2) is 8.78 Å². The first kappa shape index (κ1) is 20.6. The normalized spacial score (nSPS) is 22.2. The zero-order valence-corrected chi connectivity index (χ0v) is 16.0. The number of hydrogen-bond donors (Lipinski definition) is 2. The van der Waals surface area contributed by atoms with Gasteiger partial charge in [-0.1, -0.05) is 12.1 Å². The van der Waals surface area contributed by atoms with Crippen molar-refractivity contribution in [1.82, 2.24) is 5.32 Å². The minimum Gasteiger partial charge on any atom is -0.395 e. The Hall–Kier alpha value is -2.11. The molecule has 1 aliphatic rings. The summed E-state index contributed by atoms with van der Waals surface area (Å²) >= 11 is 0. The zero-order chi connectivity index (χ0) is 20.0. The highest BCUT2D eigenvalue weighted by atomic mass is 19.1. The van der Waals surface area contributed by atoms with Crippen LogP contribution in [0.3, 0.4) is 0 Å². The van der Waals surface area contributed by atoms with Crippen LogP contribution in [-0.2, 0) is 5.41 Å². The third-order valence-electron chi connectivity index (χ3n) is 5.88. The molecular formula is C23H27F2NO2. The molecule has 1 aliphatic carbocycles. The van der Waals surface area contributed by atoms with E-state index in [2.05, 4.69) is 5.32 Å². The van der Waals surface area contributed by atoms with Gasteiger partial charge in [0.25, 0.3) is 0 Å². The molecule has 2 aromatic carbocycles. The minimum absolute atomic E-state index is 0.0288. The molecule has 0 amide bonds. The second-order valence-corrected chi connectivity index (χ2v) is 7.71. The van der Waals surface area contributed by atoms with Crippen LogP contribution in [0.15, 0.2) is 48.5 Å². The number of carbonyl (C=O) groups excluding carboxylic acids is 1. The van der Waals surface area contributed by atoms with Crippen LogP contribution in [0.4, 0.5) is 8.78 Å². The number of hydrogen-bond acceptors (Lipinski definition) is 3. The van der Waals surface area contributed by atoms with E-state index in [1.54, 1.807) is 12.1 Å². The number of carbonyl (C=O) groups is 1. The number of aliphatic hydroxyl groups is 1. The molecule has 28 heavy (non-hydrogen) atoms. The standard InChI is InChI=1S/C23H27F2NO2/c24-19-7-3-17(4-8-19)22(28)2-1-15-26-21-11-13-23(16-27,14-12-21)18-5-9-20(25)10-6-18/h3-10,21,26-27H,1-2,11-16H2. The molecule has 0 aromatic heterocycles. The summed E-state index contributed by atoms with van der Waals surface area (Å²) in [5.74, 6) is -0.571. The van der Waals surface area contributed by atoms with E-state index >= 15 is 0 Å². The first-order chi connectivity index (χ1) is 13.5. The molecule has 5 heteroatoms. The van der Waals surface area contributed by atoms with Crippen LogP contribution in [0.2, 0.25) is 0 Å². The number of rotatable bonds is 8. The number of Topliss-reactive ketones (excluding diaryl/α,β-unsaturated/α-hetero) is 1. The van der Waals surface area contributed by atoms with Crippen molar-refractivity contribution in [2.45, 2.75) is 50.0 Å². The van der Waals surface area contributed by atoms with Gasteiger partial charge in [-0.2, -0.15) is 0 Å². The molecular weight excluding hydrogens is 360 g/mol. The highest BCUT2D eigenvalue weighted by Gasteiger charge is 2.36. The SMILES string of the molecule is O=C(CCCNC1CCC(CO)(c2ccc(F)cc2)CC1)c1ccc(F)cc1. The van der Waals surface area contributed by atoms with Crippen molar-refractivity contribution in [3.8, 4) is 0 Å². The fourth-order valence-electron chi connectivity index (χ4n) is 4.05. The number of halogens is 2. The maximum atomic E-state index is 13.2. The summed E-state index contributed by atoms with van der Waals surface area (Å²) in [6.07, 6.45) is 4.73. The summed E-state index contributed by atoms with van der Waals surface area (Å²) in [6.45, 7) is 0.817. The Labute approximate surface area is 164 Å². The van der Waals surface area contributed by atoms with E-state index in [-0.39, 0.29) is 29.4 Å². The lowest BCUT2D eigenvalue weighted by Gasteiger charge is -2.39. The summed E-state index contributed by atoms with van der Waals surface area (Å²) in [4.78, 5) is 12.1. The highest BCUT2D eigenvalue weighted by Crippen LogP contribution is 2.39.